The van der Waals surface area contributed by atoms with E-state index >= 15 is 0 Å². The van der Waals surface area contributed by atoms with Crippen molar-refractivity contribution >= 4 is 0 Å². The van der Waals surface area contributed by atoms with Gasteiger partial charge in [-0.1, -0.05) is 6.42 Å². The Hall–Kier alpha value is -0.120. The summed E-state index contributed by atoms with van der Waals surface area (Å²) >= 11 is 0. The SMILES string of the molecule is CC(CN1CCOCC1)NCC1CCC1. The van der Waals surface area contributed by atoms with E-state index in [9.17, 15) is 0 Å². The summed E-state index contributed by atoms with van der Waals surface area (Å²) in [7, 11) is 0. The monoisotopic (exact) mass is 212 g/mol. The van der Waals surface area contributed by atoms with E-state index in [1.54, 1.807) is 0 Å². The number of nitrogens with zero attached hydrogens (tertiary/aromatic N) is 1. The number of hydrogen-bond donors (Lipinski definition) is 1. The van der Waals surface area contributed by atoms with Crippen molar-refractivity contribution in [3.8, 4) is 0 Å². The number of morpholine rings is 1. The van der Waals surface area contributed by atoms with Crippen LogP contribution in [0.3, 0.4) is 0 Å². The number of nitrogens with one attached hydrogen (secondary N) is 1. The number of ether oxygens (including phenoxy) is 1. The molecule has 2 rings (SSSR count). The fourth-order valence-corrected chi connectivity index (χ4v) is 2.30. The van der Waals surface area contributed by atoms with Crippen molar-refractivity contribution in [3.63, 3.8) is 0 Å². The second-order valence-electron chi connectivity index (χ2n) is 5.02. The summed E-state index contributed by atoms with van der Waals surface area (Å²) in [6.07, 6.45) is 4.33. The first kappa shape index (κ1) is 11.4. The van der Waals surface area contributed by atoms with Crippen molar-refractivity contribution in [2.45, 2.75) is 32.2 Å². The first-order valence-corrected chi connectivity index (χ1v) is 6.38. The summed E-state index contributed by atoms with van der Waals surface area (Å²) in [5.74, 6) is 0.970. The van der Waals surface area contributed by atoms with E-state index in [2.05, 4.69) is 17.1 Å². The van der Waals surface area contributed by atoms with Gasteiger partial charge in [0.05, 0.1) is 13.2 Å². The lowest BCUT2D eigenvalue weighted by atomic mass is 9.85. The molecule has 1 aliphatic heterocycles. The molecule has 1 saturated heterocycles. The summed E-state index contributed by atoms with van der Waals surface area (Å²) in [5.41, 5.74) is 0. The fraction of sp³-hybridized carbons (Fsp3) is 1.00. The van der Waals surface area contributed by atoms with Crippen molar-refractivity contribution < 1.29 is 4.74 Å². The smallest absolute Gasteiger partial charge is 0.0594 e. The summed E-state index contributed by atoms with van der Waals surface area (Å²) in [6.45, 7) is 8.74. The number of hydrogen-bond acceptors (Lipinski definition) is 3. The van der Waals surface area contributed by atoms with E-state index in [1.165, 1.54) is 32.4 Å². The molecule has 0 spiro atoms. The van der Waals surface area contributed by atoms with Gasteiger partial charge in [0, 0.05) is 25.7 Å². The van der Waals surface area contributed by atoms with E-state index in [4.69, 9.17) is 4.74 Å². The molecular weight excluding hydrogens is 188 g/mol. The molecular formula is C12H24N2O. The molecule has 3 nitrogen and oxygen atoms in total. The van der Waals surface area contributed by atoms with Crippen LogP contribution in [0.2, 0.25) is 0 Å². The third kappa shape index (κ3) is 3.74. The van der Waals surface area contributed by atoms with Crippen molar-refractivity contribution in [2.24, 2.45) is 5.92 Å². The van der Waals surface area contributed by atoms with Crippen LogP contribution in [-0.4, -0.2) is 50.3 Å². The average Bonchev–Trinajstić information content (AvgIpc) is 2.17. The Balaban J connectivity index is 1.56. The van der Waals surface area contributed by atoms with Crippen LogP contribution in [-0.2, 0) is 4.74 Å². The summed E-state index contributed by atoms with van der Waals surface area (Å²) in [6, 6.07) is 0.628. The van der Waals surface area contributed by atoms with Gasteiger partial charge in [0.25, 0.3) is 0 Å². The number of rotatable bonds is 5. The van der Waals surface area contributed by atoms with Crippen molar-refractivity contribution in [3.05, 3.63) is 0 Å². The Morgan fingerprint density at radius 2 is 2.07 bits per heavy atom. The minimum atomic E-state index is 0.628. The van der Waals surface area contributed by atoms with Crippen molar-refractivity contribution in [1.82, 2.24) is 10.2 Å². The first-order valence-electron chi connectivity index (χ1n) is 6.38. The topological polar surface area (TPSA) is 24.5 Å². The van der Waals surface area contributed by atoms with Crippen LogP contribution in [0.4, 0.5) is 0 Å². The van der Waals surface area contributed by atoms with Gasteiger partial charge in [-0.2, -0.15) is 0 Å². The summed E-state index contributed by atoms with van der Waals surface area (Å²) < 4.78 is 5.34. The highest BCUT2D eigenvalue weighted by Crippen LogP contribution is 2.25. The molecule has 88 valence electrons. The Morgan fingerprint density at radius 3 is 2.67 bits per heavy atom. The van der Waals surface area contributed by atoms with Gasteiger partial charge < -0.3 is 10.1 Å². The van der Waals surface area contributed by atoms with Crippen LogP contribution in [0.15, 0.2) is 0 Å². The second-order valence-corrected chi connectivity index (χ2v) is 5.02. The Bertz CT molecular complexity index is 176. The summed E-state index contributed by atoms with van der Waals surface area (Å²) in [5, 5.41) is 3.65. The van der Waals surface area contributed by atoms with Gasteiger partial charge in [0.15, 0.2) is 0 Å². The van der Waals surface area contributed by atoms with E-state index in [0.717, 1.165) is 32.2 Å². The normalized spacial score (nSPS) is 26.2. The quantitative estimate of drug-likeness (QED) is 0.738. The minimum Gasteiger partial charge on any atom is -0.379 e. The molecule has 0 bridgehead atoms. The molecule has 0 aromatic heterocycles. The standard InChI is InChI=1S/C12H24N2O/c1-11(13-9-12-3-2-4-12)10-14-5-7-15-8-6-14/h11-13H,2-10H2,1H3. The largest absolute Gasteiger partial charge is 0.379 e. The van der Waals surface area contributed by atoms with E-state index < -0.39 is 0 Å². The molecule has 2 fully saturated rings. The molecule has 0 radical (unpaired) electrons. The van der Waals surface area contributed by atoms with Gasteiger partial charge in [-0.25, -0.2) is 0 Å². The maximum atomic E-state index is 5.34. The Morgan fingerprint density at radius 1 is 1.33 bits per heavy atom. The molecule has 0 amide bonds. The molecule has 1 saturated carbocycles. The molecule has 1 unspecified atom stereocenters. The lowest BCUT2D eigenvalue weighted by Crippen LogP contribution is -2.45. The maximum absolute atomic E-state index is 5.34. The average molecular weight is 212 g/mol. The van der Waals surface area contributed by atoms with Gasteiger partial charge >= 0.3 is 0 Å². The van der Waals surface area contributed by atoms with Crippen LogP contribution in [0.1, 0.15) is 26.2 Å². The Kier molecular flexibility index (Phi) is 4.42. The van der Waals surface area contributed by atoms with E-state index in [0.29, 0.717) is 6.04 Å². The minimum absolute atomic E-state index is 0.628. The molecule has 3 heteroatoms. The highest BCUT2D eigenvalue weighted by Gasteiger charge is 2.18. The van der Waals surface area contributed by atoms with Crippen LogP contribution >= 0.6 is 0 Å². The van der Waals surface area contributed by atoms with Gasteiger partial charge in [0.1, 0.15) is 0 Å². The first-order chi connectivity index (χ1) is 7.34. The van der Waals surface area contributed by atoms with Crippen LogP contribution < -0.4 is 5.32 Å². The fourth-order valence-electron chi connectivity index (χ4n) is 2.30. The van der Waals surface area contributed by atoms with Crippen LogP contribution in [0.25, 0.3) is 0 Å². The maximum Gasteiger partial charge on any atom is 0.0594 e. The molecule has 15 heavy (non-hydrogen) atoms. The molecule has 0 aromatic rings. The molecule has 1 N–H and O–H groups in total. The van der Waals surface area contributed by atoms with Crippen LogP contribution in [0, 0.1) is 5.92 Å². The molecule has 0 aromatic carbocycles. The van der Waals surface area contributed by atoms with E-state index in [1.807, 2.05) is 0 Å². The van der Waals surface area contributed by atoms with Crippen LogP contribution in [0.5, 0.6) is 0 Å². The zero-order valence-corrected chi connectivity index (χ0v) is 9.87. The van der Waals surface area contributed by atoms with Crippen molar-refractivity contribution in [1.29, 1.82) is 0 Å². The lowest BCUT2D eigenvalue weighted by molar-refractivity contribution is 0.0340. The molecule has 1 atom stereocenters. The van der Waals surface area contributed by atoms with Gasteiger partial charge in [0.2, 0.25) is 0 Å². The van der Waals surface area contributed by atoms with Gasteiger partial charge in [-0.3, -0.25) is 4.90 Å². The second kappa shape index (κ2) is 5.83. The molecule has 2 aliphatic rings. The summed E-state index contributed by atoms with van der Waals surface area (Å²) in [4.78, 5) is 2.50. The zero-order chi connectivity index (χ0) is 10.5. The predicted molar refractivity (Wildman–Crippen MR) is 62.1 cm³/mol. The highest BCUT2D eigenvalue weighted by molar-refractivity contribution is 4.75. The predicted octanol–water partition coefficient (Wildman–Crippen LogP) is 1.10. The van der Waals surface area contributed by atoms with Gasteiger partial charge in [-0.05, 0) is 32.2 Å². The molecule has 1 heterocycles. The van der Waals surface area contributed by atoms with Crippen molar-refractivity contribution in [2.75, 3.05) is 39.4 Å². The Labute approximate surface area is 93.2 Å². The molecule has 1 aliphatic carbocycles. The highest BCUT2D eigenvalue weighted by atomic mass is 16.5. The third-order valence-electron chi connectivity index (χ3n) is 3.62. The van der Waals surface area contributed by atoms with Gasteiger partial charge in [-0.15, -0.1) is 0 Å². The van der Waals surface area contributed by atoms with E-state index in [-0.39, 0.29) is 0 Å². The lowest BCUT2D eigenvalue weighted by Gasteiger charge is -2.31. The third-order valence-corrected chi connectivity index (χ3v) is 3.62. The zero-order valence-electron chi connectivity index (χ0n) is 9.87.